The van der Waals surface area contributed by atoms with Crippen LogP contribution in [0.1, 0.15) is 18.1 Å². The molecule has 1 amide bonds. The first-order valence-corrected chi connectivity index (χ1v) is 8.66. The largest absolute Gasteiger partial charge is 0.478 e. The molecule has 148 valence electrons. The number of aryl methyl sites for hydroxylation is 1. The maximum absolute atomic E-state index is 11.6. The predicted octanol–water partition coefficient (Wildman–Crippen LogP) is 1.98. The summed E-state index contributed by atoms with van der Waals surface area (Å²) in [6.07, 6.45) is 0.933. The Labute approximate surface area is 158 Å². The van der Waals surface area contributed by atoms with Gasteiger partial charge in [0, 0.05) is 44.9 Å². The molecule has 0 atom stereocenters. The van der Waals surface area contributed by atoms with Gasteiger partial charge in [-0.05, 0) is 25.0 Å². The molecule has 0 spiro atoms. The van der Waals surface area contributed by atoms with Gasteiger partial charge >= 0.3 is 18.0 Å². The third-order valence-corrected chi connectivity index (χ3v) is 3.92. The molecule has 0 aromatic heterocycles. The van der Waals surface area contributed by atoms with Crippen molar-refractivity contribution in [2.24, 2.45) is 0 Å². The van der Waals surface area contributed by atoms with Crippen LogP contribution in [0, 0.1) is 6.92 Å². The van der Waals surface area contributed by atoms with Crippen LogP contribution in [0.15, 0.2) is 36.4 Å². The number of nitrogens with zero attached hydrogens (tertiary/aromatic N) is 2. The average Bonchev–Trinajstić information content (AvgIpc) is 2.63. The van der Waals surface area contributed by atoms with Gasteiger partial charge in [-0.15, -0.1) is 0 Å². The van der Waals surface area contributed by atoms with Crippen molar-refractivity contribution < 1.29 is 29.3 Å². The Hall–Kier alpha value is -2.87. The molecule has 0 unspecified atom stereocenters. The van der Waals surface area contributed by atoms with Gasteiger partial charge in [0.15, 0.2) is 0 Å². The smallest absolute Gasteiger partial charge is 0.409 e. The number of carboxylic acid groups (broad SMARTS) is 2. The minimum atomic E-state index is -1.26. The molecular formula is C19H26N2O6. The maximum atomic E-state index is 11.6. The van der Waals surface area contributed by atoms with Gasteiger partial charge in [0.05, 0.1) is 6.61 Å². The molecule has 0 aliphatic carbocycles. The van der Waals surface area contributed by atoms with Crippen LogP contribution in [-0.4, -0.2) is 70.8 Å². The second kappa shape index (κ2) is 11.7. The number of rotatable bonds is 5. The zero-order valence-corrected chi connectivity index (χ0v) is 15.6. The second-order valence-corrected chi connectivity index (χ2v) is 5.90. The lowest BCUT2D eigenvalue weighted by atomic mass is 10.1. The highest BCUT2D eigenvalue weighted by Crippen LogP contribution is 2.12. The molecule has 1 aliphatic heterocycles. The van der Waals surface area contributed by atoms with Crippen LogP contribution in [0.5, 0.6) is 0 Å². The number of carboxylic acids is 2. The summed E-state index contributed by atoms with van der Waals surface area (Å²) >= 11 is 0. The third kappa shape index (κ3) is 8.87. The van der Waals surface area contributed by atoms with Crippen LogP contribution in [-0.2, 0) is 20.9 Å². The van der Waals surface area contributed by atoms with Crippen LogP contribution in [0.2, 0.25) is 0 Å². The summed E-state index contributed by atoms with van der Waals surface area (Å²) in [4.78, 5) is 34.9. The SMILES string of the molecule is CCOC(=O)N1CCN(Cc2ccccc2C)CC1.O=C(O)/C=C\C(=O)O. The molecule has 0 radical (unpaired) electrons. The number of hydrogen-bond acceptors (Lipinski definition) is 5. The molecule has 8 heteroatoms. The number of aliphatic carboxylic acids is 2. The molecule has 1 saturated heterocycles. The molecule has 8 nitrogen and oxygen atoms in total. The van der Waals surface area contributed by atoms with Gasteiger partial charge in [-0.2, -0.15) is 0 Å². The molecule has 1 aromatic rings. The standard InChI is InChI=1S/C15H22N2O2.C4H4O4/c1-3-19-15(18)17-10-8-16(9-11-17)12-14-7-5-4-6-13(14)2;5-3(6)1-2-4(7)8/h4-7H,3,8-12H2,1-2H3;1-2H,(H,5,6)(H,7,8)/b;2-1-. The van der Waals surface area contributed by atoms with E-state index in [-0.39, 0.29) is 6.09 Å². The Kier molecular flexibility index (Phi) is 9.60. The van der Waals surface area contributed by atoms with Crippen molar-refractivity contribution in [2.75, 3.05) is 32.8 Å². The summed E-state index contributed by atoms with van der Waals surface area (Å²) in [5, 5.41) is 15.6. The Morgan fingerprint density at radius 1 is 1.04 bits per heavy atom. The van der Waals surface area contributed by atoms with Crippen molar-refractivity contribution in [1.29, 1.82) is 0 Å². The quantitative estimate of drug-likeness (QED) is 0.754. The lowest BCUT2D eigenvalue weighted by Gasteiger charge is -2.34. The Morgan fingerprint density at radius 2 is 1.59 bits per heavy atom. The fourth-order valence-electron chi connectivity index (χ4n) is 2.47. The second-order valence-electron chi connectivity index (χ2n) is 5.90. The van der Waals surface area contributed by atoms with Crippen molar-refractivity contribution in [3.05, 3.63) is 47.5 Å². The van der Waals surface area contributed by atoms with Crippen LogP contribution in [0.25, 0.3) is 0 Å². The first-order valence-electron chi connectivity index (χ1n) is 8.66. The molecule has 1 heterocycles. The predicted molar refractivity (Wildman–Crippen MR) is 99.5 cm³/mol. The van der Waals surface area contributed by atoms with Crippen molar-refractivity contribution >= 4 is 18.0 Å². The normalized spacial score (nSPS) is 14.4. The summed E-state index contributed by atoms with van der Waals surface area (Å²) in [6, 6.07) is 8.46. The van der Waals surface area contributed by atoms with Crippen molar-refractivity contribution in [3.63, 3.8) is 0 Å². The highest BCUT2D eigenvalue weighted by molar-refractivity contribution is 5.89. The summed E-state index contributed by atoms with van der Waals surface area (Å²) in [7, 11) is 0. The van der Waals surface area contributed by atoms with E-state index in [1.165, 1.54) is 11.1 Å². The van der Waals surface area contributed by atoms with Gasteiger partial charge in [0.25, 0.3) is 0 Å². The van der Waals surface area contributed by atoms with Crippen molar-refractivity contribution in [2.45, 2.75) is 20.4 Å². The lowest BCUT2D eigenvalue weighted by molar-refractivity contribution is -0.134. The summed E-state index contributed by atoms with van der Waals surface area (Å²) in [5.74, 6) is -2.51. The molecule has 1 fully saturated rings. The Balaban J connectivity index is 0.000000387. The average molecular weight is 378 g/mol. The van der Waals surface area contributed by atoms with Gasteiger partial charge in [-0.3, -0.25) is 4.90 Å². The number of carbonyl (C=O) groups is 3. The van der Waals surface area contributed by atoms with Crippen LogP contribution in [0.3, 0.4) is 0 Å². The van der Waals surface area contributed by atoms with Gasteiger partial charge in [0.2, 0.25) is 0 Å². The zero-order valence-electron chi connectivity index (χ0n) is 15.6. The number of ether oxygens (including phenoxy) is 1. The first-order chi connectivity index (χ1) is 12.8. The fraction of sp³-hybridized carbons (Fsp3) is 0.421. The first kappa shape index (κ1) is 22.2. The van der Waals surface area contributed by atoms with Crippen LogP contribution in [0.4, 0.5) is 4.79 Å². The number of piperazine rings is 1. The van der Waals surface area contributed by atoms with Crippen LogP contribution < -0.4 is 0 Å². The number of carbonyl (C=O) groups excluding carboxylic acids is 1. The molecule has 0 bridgehead atoms. The fourth-order valence-corrected chi connectivity index (χ4v) is 2.47. The molecular weight excluding hydrogens is 352 g/mol. The number of benzene rings is 1. The van der Waals surface area contributed by atoms with Gasteiger partial charge in [-0.25, -0.2) is 14.4 Å². The minimum absolute atomic E-state index is 0.182. The van der Waals surface area contributed by atoms with Crippen LogP contribution >= 0.6 is 0 Å². The van der Waals surface area contributed by atoms with Crippen molar-refractivity contribution in [1.82, 2.24) is 9.80 Å². The monoisotopic (exact) mass is 378 g/mol. The van der Waals surface area contributed by atoms with E-state index in [1.807, 2.05) is 6.92 Å². The zero-order chi connectivity index (χ0) is 20.2. The minimum Gasteiger partial charge on any atom is -0.478 e. The summed E-state index contributed by atoms with van der Waals surface area (Å²) in [5.41, 5.74) is 2.70. The highest BCUT2D eigenvalue weighted by Gasteiger charge is 2.21. The van der Waals surface area contributed by atoms with E-state index in [0.717, 1.165) is 32.7 Å². The molecule has 0 saturated carbocycles. The van der Waals surface area contributed by atoms with Crippen molar-refractivity contribution in [3.8, 4) is 0 Å². The maximum Gasteiger partial charge on any atom is 0.409 e. The third-order valence-electron chi connectivity index (χ3n) is 3.92. The van der Waals surface area contributed by atoms with E-state index >= 15 is 0 Å². The van der Waals surface area contributed by atoms with Gasteiger partial charge in [-0.1, -0.05) is 24.3 Å². The number of amides is 1. The molecule has 1 aliphatic rings. The molecule has 27 heavy (non-hydrogen) atoms. The summed E-state index contributed by atoms with van der Waals surface area (Å²) in [6.45, 7) is 8.72. The lowest BCUT2D eigenvalue weighted by Crippen LogP contribution is -2.48. The van der Waals surface area contributed by atoms with E-state index < -0.39 is 11.9 Å². The molecule has 2 rings (SSSR count). The van der Waals surface area contributed by atoms with Gasteiger partial charge < -0.3 is 19.8 Å². The summed E-state index contributed by atoms with van der Waals surface area (Å²) < 4.78 is 5.02. The van der Waals surface area contributed by atoms with E-state index in [4.69, 9.17) is 14.9 Å². The molecule has 2 N–H and O–H groups in total. The Morgan fingerprint density at radius 3 is 2.07 bits per heavy atom. The topological polar surface area (TPSA) is 107 Å². The molecule has 1 aromatic carbocycles. The van der Waals surface area contributed by atoms with E-state index in [0.29, 0.717) is 18.8 Å². The van der Waals surface area contributed by atoms with Gasteiger partial charge in [0.1, 0.15) is 0 Å². The van der Waals surface area contributed by atoms with E-state index in [9.17, 15) is 14.4 Å². The van der Waals surface area contributed by atoms with E-state index in [2.05, 4.69) is 36.1 Å². The number of hydrogen-bond donors (Lipinski definition) is 2. The Bertz CT molecular complexity index is 650. The highest BCUT2D eigenvalue weighted by atomic mass is 16.6. The van der Waals surface area contributed by atoms with E-state index in [1.54, 1.807) is 4.90 Å².